The van der Waals surface area contributed by atoms with Crippen LogP contribution in [0.5, 0.6) is 0 Å². The van der Waals surface area contributed by atoms with Crippen molar-refractivity contribution in [3.63, 3.8) is 0 Å². The quantitative estimate of drug-likeness (QED) is 0.846. The van der Waals surface area contributed by atoms with Gasteiger partial charge in [-0.05, 0) is 69.1 Å². The van der Waals surface area contributed by atoms with E-state index in [0.29, 0.717) is 0 Å². The van der Waals surface area contributed by atoms with Crippen molar-refractivity contribution in [3.05, 3.63) is 47.0 Å². The van der Waals surface area contributed by atoms with Crippen molar-refractivity contribution in [3.8, 4) is 0 Å². The molecule has 1 atom stereocenters. The smallest absolute Gasteiger partial charge is 0.0768 e. The third kappa shape index (κ3) is 4.75. The number of pyridine rings is 1. The summed E-state index contributed by atoms with van der Waals surface area (Å²) in [5.41, 5.74) is 5.14. The Morgan fingerprint density at radius 3 is 3.04 bits per heavy atom. The van der Waals surface area contributed by atoms with Gasteiger partial charge >= 0.3 is 0 Å². The zero-order valence-electron chi connectivity index (χ0n) is 16.7. The maximum absolute atomic E-state index is 4.86. The number of piperidine rings is 1. The van der Waals surface area contributed by atoms with Gasteiger partial charge in [-0.1, -0.05) is 0 Å². The number of aryl methyl sites for hydroxylation is 1. The molecule has 27 heavy (non-hydrogen) atoms. The molecule has 1 fully saturated rings. The summed E-state index contributed by atoms with van der Waals surface area (Å²) in [5, 5.41) is 8.40. The molecule has 0 spiro atoms. The third-order valence-electron chi connectivity index (χ3n) is 5.85. The molecule has 4 rings (SSSR count). The molecule has 0 aromatic carbocycles. The minimum atomic E-state index is 0.808. The van der Waals surface area contributed by atoms with Crippen LogP contribution in [0.15, 0.2) is 24.5 Å². The average molecular weight is 369 g/mol. The van der Waals surface area contributed by atoms with Crippen molar-refractivity contribution in [1.82, 2.24) is 29.9 Å². The van der Waals surface area contributed by atoms with Crippen LogP contribution in [-0.4, -0.2) is 57.8 Å². The molecule has 1 saturated heterocycles. The summed E-state index contributed by atoms with van der Waals surface area (Å²) in [5.74, 6) is 0.808. The Kier molecular flexibility index (Phi) is 5.86. The van der Waals surface area contributed by atoms with Gasteiger partial charge in [0.15, 0.2) is 0 Å². The summed E-state index contributed by atoms with van der Waals surface area (Å²) < 4.78 is 2.22. The first-order valence-corrected chi connectivity index (χ1v) is 10.2. The normalized spacial score (nSPS) is 20.8. The number of rotatable bonds is 6. The third-order valence-corrected chi connectivity index (χ3v) is 5.85. The molecular weight excluding hydrogens is 336 g/mol. The van der Waals surface area contributed by atoms with Crippen LogP contribution in [0.25, 0.3) is 0 Å². The summed E-state index contributed by atoms with van der Waals surface area (Å²) in [6.45, 7) is 10.7. The van der Waals surface area contributed by atoms with E-state index in [-0.39, 0.29) is 0 Å². The molecule has 6 nitrogen and oxygen atoms in total. The minimum Gasteiger partial charge on any atom is -0.316 e. The van der Waals surface area contributed by atoms with E-state index in [1.807, 2.05) is 12.4 Å². The lowest BCUT2D eigenvalue weighted by Gasteiger charge is -2.32. The molecule has 0 saturated carbocycles. The van der Waals surface area contributed by atoms with Crippen LogP contribution in [0.3, 0.4) is 0 Å². The second-order valence-corrected chi connectivity index (χ2v) is 8.27. The maximum atomic E-state index is 4.86. The standard InChI is InChI=1S/C21H32N6/c1-17-11-23-7-5-19(17)14-25(2)15-20-10-21-16-26(8-9-27(21)24-20)13-18-4-3-6-22-12-18/h5,7,10-11,18,22H,3-4,6,8-9,12-16H2,1-2H3. The van der Waals surface area contributed by atoms with Crippen molar-refractivity contribution in [2.75, 3.05) is 33.2 Å². The second kappa shape index (κ2) is 8.50. The summed E-state index contributed by atoms with van der Waals surface area (Å²) in [7, 11) is 2.17. The predicted octanol–water partition coefficient (Wildman–Crippen LogP) is 2.03. The topological polar surface area (TPSA) is 49.2 Å². The lowest BCUT2D eigenvalue weighted by Crippen LogP contribution is -2.41. The monoisotopic (exact) mass is 368 g/mol. The molecule has 1 unspecified atom stereocenters. The molecule has 0 bridgehead atoms. The van der Waals surface area contributed by atoms with Crippen molar-refractivity contribution in [2.45, 2.75) is 45.9 Å². The molecule has 2 aromatic rings. The van der Waals surface area contributed by atoms with Crippen LogP contribution in [0.4, 0.5) is 0 Å². The first-order chi connectivity index (χ1) is 13.2. The van der Waals surface area contributed by atoms with Gasteiger partial charge in [-0.2, -0.15) is 5.10 Å². The maximum Gasteiger partial charge on any atom is 0.0768 e. The fourth-order valence-corrected chi connectivity index (χ4v) is 4.36. The van der Waals surface area contributed by atoms with Gasteiger partial charge in [0, 0.05) is 45.1 Å². The SMILES string of the molecule is Cc1cnccc1CN(C)Cc1cc2n(n1)CCN(CC1CCCNC1)C2. The van der Waals surface area contributed by atoms with Gasteiger partial charge in [-0.25, -0.2) is 0 Å². The Labute approximate surface area is 162 Å². The molecular formula is C21H32N6. The van der Waals surface area contributed by atoms with Gasteiger partial charge in [0.25, 0.3) is 0 Å². The van der Waals surface area contributed by atoms with Gasteiger partial charge < -0.3 is 5.32 Å². The van der Waals surface area contributed by atoms with E-state index in [2.05, 4.69) is 50.9 Å². The van der Waals surface area contributed by atoms with E-state index >= 15 is 0 Å². The number of hydrogen-bond acceptors (Lipinski definition) is 5. The lowest BCUT2D eigenvalue weighted by atomic mass is 9.99. The highest BCUT2D eigenvalue weighted by atomic mass is 15.3. The molecule has 2 aliphatic heterocycles. The Morgan fingerprint density at radius 1 is 1.30 bits per heavy atom. The van der Waals surface area contributed by atoms with E-state index in [1.54, 1.807) is 0 Å². The Balaban J connectivity index is 1.33. The molecule has 1 N–H and O–H groups in total. The van der Waals surface area contributed by atoms with E-state index in [4.69, 9.17) is 5.10 Å². The summed E-state index contributed by atoms with van der Waals surface area (Å²) in [6, 6.07) is 4.42. The molecule has 0 aliphatic carbocycles. The van der Waals surface area contributed by atoms with Crippen LogP contribution < -0.4 is 5.32 Å². The fraction of sp³-hybridized carbons (Fsp3) is 0.619. The zero-order chi connectivity index (χ0) is 18.6. The molecule has 4 heterocycles. The van der Waals surface area contributed by atoms with E-state index in [9.17, 15) is 0 Å². The predicted molar refractivity (Wildman–Crippen MR) is 107 cm³/mol. The van der Waals surface area contributed by atoms with Crippen LogP contribution >= 0.6 is 0 Å². The minimum absolute atomic E-state index is 0.808. The van der Waals surface area contributed by atoms with Gasteiger partial charge in [0.05, 0.1) is 17.9 Å². The largest absolute Gasteiger partial charge is 0.316 e. The van der Waals surface area contributed by atoms with Gasteiger partial charge in [-0.15, -0.1) is 0 Å². The highest BCUT2D eigenvalue weighted by molar-refractivity contribution is 5.21. The number of nitrogens with zero attached hydrogens (tertiary/aromatic N) is 5. The molecule has 2 aromatic heterocycles. The number of aromatic nitrogens is 3. The summed E-state index contributed by atoms with van der Waals surface area (Å²) in [6.07, 6.45) is 6.51. The Hall–Kier alpha value is -1.76. The van der Waals surface area contributed by atoms with Crippen molar-refractivity contribution < 1.29 is 0 Å². The Morgan fingerprint density at radius 2 is 2.22 bits per heavy atom. The lowest BCUT2D eigenvalue weighted by molar-refractivity contribution is 0.168. The number of hydrogen-bond donors (Lipinski definition) is 1. The molecule has 6 heteroatoms. The molecule has 0 radical (unpaired) electrons. The van der Waals surface area contributed by atoms with Crippen molar-refractivity contribution in [1.29, 1.82) is 0 Å². The van der Waals surface area contributed by atoms with Crippen LogP contribution in [0.1, 0.15) is 35.4 Å². The van der Waals surface area contributed by atoms with Crippen molar-refractivity contribution in [2.24, 2.45) is 5.92 Å². The molecule has 146 valence electrons. The van der Waals surface area contributed by atoms with E-state index < -0.39 is 0 Å². The first-order valence-electron chi connectivity index (χ1n) is 10.2. The number of nitrogens with one attached hydrogen (secondary N) is 1. The van der Waals surface area contributed by atoms with Crippen molar-refractivity contribution >= 4 is 0 Å². The molecule has 0 amide bonds. The molecule has 2 aliphatic rings. The highest BCUT2D eigenvalue weighted by Crippen LogP contribution is 2.19. The van der Waals surface area contributed by atoms with E-state index in [0.717, 1.165) is 38.6 Å². The second-order valence-electron chi connectivity index (χ2n) is 8.27. The van der Waals surface area contributed by atoms with Crippen LogP contribution in [0.2, 0.25) is 0 Å². The van der Waals surface area contributed by atoms with Crippen LogP contribution in [0, 0.1) is 12.8 Å². The zero-order valence-corrected chi connectivity index (χ0v) is 16.7. The Bertz CT molecular complexity index is 749. The van der Waals surface area contributed by atoms with Crippen LogP contribution in [-0.2, 0) is 26.2 Å². The number of fused-ring (bicyclic) bond motifs is 1. The van der Waals surface area contributed by atoms with Gasteiger partial charge in [0.2, 0.25) is 0 Å². The van der Waals surface area contributed by atoms with Gasteiger partial charge in [0.1, 0.15) is 0 Å². The van der Waals surface area contributed by atoms with Gasteiger partial charge in [-0.3, -0.25) is 19.5 Å². The fourth-order valence-electron chi connectivity index (χ4n) is 4.36. The highest BCUT2D eigenvalue weighted by Gasteiger charge is 2.22. The first kappa shape index (κ1) is 18.6. The van der Waals surface area contributed by atoms with E-state index in [1.165, 1.54) is 55.0 Å². The average Bonchev–Trinajstić information content (AvgIpc) is 3.06. The summed E-state index contributed by atoms with van der Waals surface area (Å²) >= 11 is 0. The summed E-state index contributed by atoms with van der Waals surface area (Å²) in [4.78, 5) is 9.14.